The van der Waals surface area contributed by atoms with Gasteiger partial charge in [-0.1, -0.05) is 69.0 Å². The number of pyridine rings is 1. The van der Waals surface area contributed by atoms with Gasteiger partial charge in [0.05, 0.1) is 12.2 Å². The van der Waals surface area contributed by atoms with E-state index in [1.165, 1.54) is 24.5 Å². The highest BCUT2D eigenvalue weighted by atomic mass is 19.1. The highest BCUT2D eigenvalue weighted by Crippen LogP contribution is 2.43. The summed E-state index contributed by atoms with van der Waals surface area (Å²) in [6, 6.07) is 17.2. The monoisotopic (exact) mass is 449 g/mol. The minimum Gasteiger partial charge on any atom is -0.480 e. The van der Waals surface area contributed by atoms with Crippen LogP contribution in [0.3, 0.4) is 0 Å². The minimum absolute atomic E-state index is 0.181. The van der Waals surface area contributed by atoms with Gasteiger partial charge in [0.25, 0.3) is 0 Å². The Morgan fingerprint density at radius 1 is 0.970 bits per heavy atom. The van der Waals surface area contributed by atoms with E-state index in [2.05, 4.69) is 11.6 Å². The molecule has 3 rings (SSSR count). The van der Waals surface area contributed by atoms with E-state index in [4.69, 9.17) is 0 Å². The molecule has 4 atom stereocenters. The van der Waals surface area contributed by atoms with Gasteiger partial charge in [-0.25, -0.2) is 4.39 Å². The molecule has 1 heterocycles. The molecule has 0 radical (unpaired) electrons. The molecule has 2 aromatic carbocycles. The molecule has 0 aliphatic carbocycles. The van der Waals surface area contributed by atoms with Crippen molar-refractivity contribution in [1.29, 1.82) is 0 Å². The molecule has 172 valence electrons. The van der Waals surface area contributed by atoms with Crippen LogP contribution in [-0.2, 0) is 10.2 Å². The van der Waals surface area contributed by atoms with Crippen molar-refractivity contribution in [3.63, 3.8) is 0 Å². The number of nitrogens with zero attached hydrogens (tertiary/aromatic N) is 1. The number of aliphatic hydroxyl groups excluding tert-OH is 2. The first-order chi connectivity index (χ1) is 15.7. The first-order valence-corrected chi connectivity index (χ1v) is 10.7. The van der Waals surface area contributed by atoms with Crippen molar-refractivity contribution in [2.75, 3.05) is 0 Å². The Morgan fingerprint density at radius 2 is 1.61 bits per heavy atom. The van der Waals surface area contributed by atoms with Crippen molar-refractivity contribution >= 4 is 11.5 Å². The van der Waals surface area contributed by atoms with Gasteiger partial charge in [0.1, 0.15) is 11.2 Å². The number of hydrogen-bond donors (Lipinski definition) is 3. The molecule has 0 saturated carbocycles. The topological polar surface area (TPSA) is 90.7 Å². The summed E-state index contributed by atoms with van der Waals surface area (Å²) in [7, 11) is 0. The Kier molecular flexibility index (Phi) is 7.41. The molecule has 3 aromatic rings. The third-order valence-electron chi connectivity index (χ3n) is 6.20. The Morgan fingerprint density at radius 3 is 2.12 bits per heavy atom. The molecule has 0 saturated heterocycles. The molecule has 0 bridgehead atoms. The second kappa shape index (κ2) is 10.1. The maximum absolute atomic E-state index is 13.7. The van der Waals surface area contributed by atoms with E-state index >= 15 is 0 Å². The standard InChI is InChI=1S/C27H28FNO4/c1-17(2)23(24(30)18(3)19-8-5-4-6-9-19)25(31)27(26(32)33,21-10-7-15-29-16-21)20-11-13-22(28)14-12-20/h4-17,23-25,30-31H,3H2,1-2H3,(H,32,33). The van der Waals surface area contributed by atoms with Gasteiger partial charge in [-0.15, -0.1) is 0 Å². The third-order valence-corrected chi connectivity index (χ3v) is 6.20. The smallest absolute Gasteiger partial charge is 0.321 e. The highest BCUT2D eigenvalue weighted by Gasteiger charge is 2.54. The lowest BCUT2D eigenvalue weighted by Crippen LogP contribution is -2.54. The normalized spacial score (nSPS) is 15.9. The number of aliphatic carboxylic acids is 1. The second-order valence-corrected chi connectivity index (χ2v) is 8.46. The van der Waals surface area contributed by atoms with Gasteiger partial charge in [-0.05, 0) is 46.4 Å². The Bertz CT molecular complexity index is 1090. The van der Waals surface area contributed by atoms with Gasteiger partial charge in [-0.3, -0.25) is 9.78 Å². The average Bonchev–Trinajstić information content (AvgIpc) is 2.81. The molecule has 0 spiro atoms. The summed E-state index contributed by atoms with van der Waals surface area (Å²) in [5.41, 5.74) is -0.542. The van der Waals surface area contributed by atoms with Gasteiger partial charge in [0.2, 0.25) is 0 Å². The SMILES string of the molecule is C=C(c1ccccc1)C(O)C(C(C)C)C(O)C(C(=O)O)(c1ccc(F)cc1)c1cccnc1. The average molecular weight is 450 g/mol. The van der Waals surface area contributed by atoms with E-state index < -0.39 is 35.3 Å². The number of halogens is 1. The Balaban J connectivity index is 2.20. The van der Waals surface area contributed by atoms with Gasteiger partial charge >= 0.3 is 5.97 Å². The first-order valence-electron chi connectivity index (χ1n) is 10.7. The number of rotatable bonds is 9. The quantitative estimate of drug-likeness (QED) is 0.453. The zero-order valence-corrected chi connectivity index (χ0v) is 18.6. The fourth-order valence-electron chi connectivity index (χ4n) is 4.44. The maximum Gasteiger partial charge on any atom is 0.321 e. The molecular weight excluding hydrogens is 421 g/mol. The molecule has 6 heteroatoms. The van der Waals surface area contributed by atoms with Gasteiger partial charge in [-0.2, -0.15) is 0 Å². The highest BCUT2D eigenvalue weighted by molar-refractivity contribution is 5.87. The molecule has 1 aromatic heterocycles. The van der Waals surface area contributed by atoms with E-state index in [1.54, 1.807) is 38.1 Å². The van der Waals surface area contributed by atoms with Crippen LogP contribution in [0.5, 0.6) is 0 Å². The van der Waals surface area contributed by atoms with Crippen LogP contribution in [0.1, 0.15) is 30.5 Å². The van der Waals surface area contributed by atoms with Crippen molar-refractivity contribution in [2.24, 2.45) is 11.8 Å². The molecular formula is C27H28FNO4. The van der Waals surface area contributed by atoms with Crippen LogP contribution in [0.2, 0.25) is 0 Å². The van der Waals surface area contributed by atoms with Crippen LogP contribution in [0, 0.1) is 17.7 Å². The zero-order valence-electron chi connectivity index (χ0n) is 18.6. The number of benzene rings is 2. The number of carboxylic acid groups (broad SMARTS) is 1. The molecule has 0 aliphatic rings. The minimum atomic E-state index is -2.01. The summed E-state index contributed by atoms with van der Waals surface area (Å²) in [6.45, 7) is 7.63. The number of aromatic nitrogens is 1. The first kappa shape index (κ1) is 24.3. The Labute approximate surface area is 192 Å². The van der Waals surface area contributed by atoms with Gasteiger partial charge in [0, 0.05) is 18.3 Å². The van der Waals surface area contributed by atoms with E-state index in [1.807, 2.05) is 18.2 Å². The van der Waals surface area contributed by atoms with E-state index in [0.717, 1.165) is 12.1 Å². The molecule has 5 nitrogen and oxygen atoms in total. The molecule has 3 N–H and O–H groups in total. The number of hydrogen-bond acceptors (Lipinski definition) is 4. The van der Waals surface area contributed by atoms with E-state index in [0.29, 0.717) is 11.1 Å². The van der Waals surface area contributed by atoms with Crippen LogP contribution < -0.4 is 0 Å². The lowest BCUT2D eigenvalue weighted by Gasteiger charge is -2.42. The third kappa shape index (κ3) is 4.58. The summed E-state index contributed by atoms with van der Waals surface area (Å²) < 4.78 is 13.7. The zero-order chi connectivity index (χ0) is 24.2. The molecule has 0 fully saturated rings. The van der Waals surface area contributed by atoms with Crippen LogP contribution in [0.25, 0.3) is 5.57 Å². The molecule has 4 unspecified atom stereocenters. The van der Waals surface area contributed by atoms with E-state index in [-0.39, 0.29) is 17.0 Å². The predicted octanol–water partition coefficient (Wildman–Crippen LogP) is 4.30. The van der Waals surface area contributed by atoms with Crippen molar-refractivity contribution < 1.29 is 24.5 Å². The lowest BCUT2D eigenvalue weighted by molar-refractivity contribution is -0.150. The maximum atomic E-state index is 13.7. The summed E-state index contributed by atoms with van der Waals surface area (Å²) in [4.78, 5) is 17.0. The van der Waals surface area contributed by atoms with Gasteiger partial charge < -0.3 is 15.3 Å². The van der Waals surface area contributed by atoms with Crippen LogP contribution >= 0.6 is 0 Å². The lowest BCUT2D eigenvalue weighted by atomic mass is 9.63. The summed E-state index contributed by atoms with van der Waals surface area (Å²) in [5, 5.41) is 33.7. The second-order valence-electron chi connectivity index (χ2n) is 8.46. The van der Waals surface area contributed by atoms with Crippen molar-refractivity contribution in [3.05, 3.63) is 108 Å². The summed E-state index contributed by atoms with van der Waals surface area (Å²) in [5.74, 6) is -3.11. The van der Waals surface area contributed by atoms with Crippen molar-refractivity contribution in [1.82, 2.24) is 4.98 Å². The molecule has 0 aliphatic heterocycles. The van der Waals surface area contributed by atoms with Crippen LogP contribution in [0.4, 0.5) is 4.39 Å². The number of carboxylic acids is 1. The predicted molar refractivity (Wildman–Crippen MR) is 125 cm³/mol. The Hall–Kier alpha value is -3.35. The van der Waals surface area contributed by atoms with E-state index in [9.17, 15) is 24.5 Å². The van der Waals surface area contributed by atoms with Crippen LogP contribution in [0.15, 0.2) is 85.7 Å². The fraction of sp³-hybridized carbons (Fsp3) is 0.259. The summed E-state index contributed by atoms with van der Waals surface area (Å²) in [6.07, 6.45) is 0.0358. The molecule has 33 heavy (non-hydrogen) atoms. The largest absolute Gasteiger partial charge is 0.480 e. The molecule has 0 amide bonds. The van der Waals surface area contributed by atoms with Crippen LogP contribution in [-0.4, -0.2) is 38.5 Å². The van der Waals surface area contributed by atoms with Crippen molar-refractivity contribution in [3.8, 4) is 0 Å². The number of carbonyl (C=O) groups is 1. The van der Waals surface area contributed by atoms with Gasteiger partial charge in [0.15, 0.2) is 0 Å². The fourth-order valence-corrected chi connectivity index (χ4v) is 4.44. The van der Waals surface area contributed by atoms with Crippen molar-refractivity contribution in [2.45, 2.75) is 31.5 Å². The summed E-state index contributed by atoms with van der Waals surface area (Å²) >= 11 is 0. The number of aliphatic hydroxyl groups is 2.